The maximum atomic E-state index is 12.2. The van der Waals surface area contributed by atoms with Crippen molar-refractivity contribution < 1.29 is 9.59 Å². The van der Waals surface area contributed by atoms with Crippen molar-refractivity contribution in [3.05, 3.63) is 51.7 Å². The van der Waals surface area contributed by atoms with Gasteiger partial charge in [-0.25, -0.2) is 0 Å². The van der Waals surface area contributed by atoms with Crippen molar-refractivity contribution in [2.75, 3.05) is 5.32 Å². The quantitative estimate of drug-likeness (QED) is 0.911. The van der Waals surface area contributed by atoms with Gasteiger partial charge in [0.2, 0.25) is 5.91 Å². The van der Waals surface area contributed by atoms with Crippen molar-refractivity contribution in [3.63, 3.8) is 0 Å². The summed E-state index contributed by atoms with van der Waals surface area (Å²) in [5.41, 5.74) is 2.25. The highest BCUT2D eigenvalue weighted by atomic mass is 32.1. The van der Waals surface area contributed by atoms with Gasteiger partial charge in [-0.2, -0.15) is 0 Å². The second kappa shape index (κ2) is 5.09. The van der Waals surface area contributed by atoms with Gasteiger partial charge < -0.3 is 10.6 Å². The summed E-state index contributed by atoms with van der Waals surface area (Å²) in [6.07, 6.45) is 0.392. The second-order valence-corrected chi connectivity index (χ2v) is 5.79. The van der Waals surface area contributed by atoms with Crippen LogP contribution in [0.3, 0.4) is 0 Å². The van der Waals surface area contributed by atoms with E-state index in [0.717, 1.165) is 16.1 Å². The third-order valence-corrected chi connectivity index (χ3v) is 4.37. The van der Waals surface area contributed by atoms with Gasteiger partial charge in [0, 0.05) is 16.1 Å². The van der Waals surface area contributed by atoms with Gasteiger partial charge in [-0.05, 0) is 36.1 Å². The fourth-order valence-corrected chi connectivity index (χ4v) is 2.98. The van der Waals surface area contributed by atoms with E-state index < -0.39 is 0 Å². The summed E-state index contributed by atoms with van der Waals surface area (Å²) >= 11 is 1.62. The average Bonchev–Trinajstić information content (AvgIpc) is 3.05. The maximum Gasteiger partial charge on any atom is 0.251 e. The normalized spacial score (nSPS) is 14.6. The number of fused-ring (bicyclic) bond motifs is 1. The van der Waals surface area contributed by atoms with Crippen molar-refractivity contribution in [1.82, 2.24) is 5.32 Å². The van der Waals surface area contributed by atoms with E-state index >= 15 is 0 Å². The molecule has 1 atom stereocenters. The molecule has 0 aliphatic carbocycles. The molecule has 102 valence electrons. The lowest BCUT2D eigenvalue weighted by Gasteiger charge is -2.12. The fourth-order valence-electron chi connectivity index (χ4n) is 2.24. The van der Waals surface area contributed by atoms with E-state index in [1.54, 1.807) is 23.5 Å². The summed E-state index contributed by atoms with van der Waals surface area (Å²) in [6, 6.07) is 9.27. The second-order valence-electron chi connectivity index (χ2n) is 4.81. The first-order chi connectivity index (χ1) is 9.63. The smallest absolute Gasteiger partial charge is 0.251 e. The molecule has 0 radical (unpaired) electrons. The number of carbonyl (C=O) groups excluding carboxylic acids is 2. The molecule has 1 unspecified atom stereocenters. The summed E-state index contributed by atoms with van der Waals surface area (Å²) in [7, 11) is 0. The van der Waals surface area contributed by atoms with E-state index in [-0.39, 0.29) is 17.9 Å². The molecule has 2 heterocycles. The Balaban J connectivity index is 1.75. The monoisotopic (exact) mass is 286 g/mol. The van der Waals surface area contributed by atoms with Gasteiger partial charge in [0.1, 0.15) is 0 Å². The van der Waals surface area contributed by atoms with Gasteiger partial charge in [-0.15, -0.1) is 11.3 Å². The lowest BCUT2D eigenvalue weighted by molar-refractivity contribution is -0.115. The largest absolute Gasteiger partial charge is 0.345 e. The number of anilines is 1. The molecule has 2 N–H and O–H groups in total. The summed E-state index contributed by atoms with van der Waals surface area (Å²) < 4.78 is 0. The maximum absolute atomic E-state index is 12.2. The number of benzene rings is 1. The lowest BCUT2D eigenvalue weighted by Crippen LogP contribution is -2.26. The van der Waals surface area contributed by atoms with Gasteiger partial charge in [-0.1, -0.05) is 12.1 Å². The summed E-state index contributed by atoms with van der Waals surface area (Å²) in [5, 5.41) is 7.71. The Labute approximate surface area is 120 Å². The van der Waals surface area contributed by atoms with Crippen LogP contribution in [0.1, 0.15) is 33.8 Å². The van der Waals surface area contributed by atoms with Crippen LogP contribution in [0.4, 0.5) is 5.69 Å². The number of thiophene rings is 1. The zero-order valence-electron chi connectivity index (χ0n) is 11.0. The van der Waals surface area contributed by atoms with Crippen molar-refractivity contribution in [3.8, 4) is 0 Å². The summed E-state index contributed by atoms with van der Waals surface area (Å²) in [5.74, 6) is -0.153. The Morgan fingerprint density at radius 2 is 2.25 bits per heavy atom. The minimum Gasteiger partial charge on any atom is -0.345 e. The van der Waals surface area contributed by atoms with Gasteiger partial charge in [-0.3, -0.25) is 9.59 Å². The number of amides is 2. The van der Waals surface area contributed by atoms with Crippen LogP contribution in [0, 0.1) is 0 Å². The molecule has 1 aliphatic rings. The molecule has 5 heteroatoms. The predicted molar refractivity (Wildman–Crippen MR) is 79.0 cm³/mol. The number of hydrogen-bond acceptors (Lipinski definition) is 3. The number of hydrogen-bond donors (Lipinski definition) is 2. The highest BCUT2D eigenvalue weighted by Gasteiger charge is 2.19. The van der Waals surface area contributed by atoms with Gasteiger partial charge in [0.05, 0.1) is 12.5 Å². The predicted octanol–water partition coefficient (Wildman–Crippen LogP) is 2.73. The van der Waals surface area contributed by atoms with E-state index in [9.17, 15) is 9.59 Å². The molecule has 0 saturated heterocycles. The standard InChI is InChI=1S/C15H14N2O2S/c1-9(13-3-2-6-20-13)16-15(19)11-5-4-10-8-14(18)17-12(10)7-11/h2-7,9H,8H2,1H3,(H,16,19)(H,17,18). The zero-order chi connectivity index (χ0) is 14.1. The van der Waals surface area contributed by atoms with E-state index in [1.165, 1.54) is 0 Å². The van der Waals surface area contributed by atoms with Crippen LogP contribution in [0.5, 0.6) is 0 Å². The van der Waals surface area contributed by atoms with Crippen molar-refractivity contribution in [2.45, 2.75) is 19.4 Å². The molecule has 2 aromatic rings. The Morgan fingerprint density at radius 3 is 3.00 bits per heavy atom. The highest BCUT2D eigenvalue weighted by molar-refractivity contribution is 7.10. The van der Waals surface area contributed by atoms with E-state index in [2.05, 4.69) is 10.6 Å². The van der Waals surface area contributed by atoms with Crippen molar-refractivity contribution in [2.24, 2.45) is 0 Å². The third kappa shape index (κ3) is 2.44. The molecule has 20 heavy (non-hydrogen) atoms. The first-order valence-electron chi connectivity index (χ1n) is 6.40. The third-order valence-electron chi connectivity index (χ3n) is 3.31. The van der Waals surface area contributed by atoms with Gasteiger partial charge in [0.25, 0.3) is 5.91 Å². The molecule has 3 rings (SSSR count). The topological polar surface area (TPSA) is 58.2 Å². The molecule has 1 aromatic carbocycles. The number of rotatable bonds is 3. The fraction of sp³-hybridized carbons (Fsp3) is 0.200. The molecule has 0 spiro atoms. The van der Waals surface area contributed by atoms with E-state index in [1.807, 2.05) is 30.5 Å². The van der Waals surface area contributed by atoms with Crippen molar-refractivity contribution >= 4 is 28.8 Å². The van der Waals surface area contributed by atoms with Crippen LogP contribution in [-0.2, 0) is 11.2 Å². The van der Waals surface area contributed by atoms with Crippen LogP contribution in [-0.4, -0.2) is 11.8 Å². The molecule has 2 amide bonds. The lowest BCUT2D eigenvalue weighted by atomic mass is 10.1. The first kappa shape index (κ1) is 12.9. The van der Waals surface area contributed by atoms with Crippen molar-refractivity contribution in [1.29, 1.82) is 0 Å². The minimum atomic E-state index is -0.130. The van der Waals surface area contributed by atoms with E-state index in [0.29, 0.717) is 12.0 Å². The van der Waals surface area contributed by atoms with Crippen LogP contribution in [0.15, 0.2) is 35.7 Å². The average molecular weight is 286 g/mol. The Kier molecular flexibility index (Phi) is 3.28. The SMILES string of the molecule is CC(NC(=O)c1ccc2c(c1)NC(=O)C2)c1cccs1. The van der Waals surface area contributed by atoms with Crippen LogP contribution >= 0.6 is 11.3 Å². The molecule has 4 nitrogen and oxygen atoms in total. The zero-order valence-corrected chi connectivity index (χ0v) is 11.8. The Hall–Kier alpha value is -2.14. The van der Waals surface area contributed by atoms with E-state index in [4.69, 9.17) is 0 Å². The van der Waals surface area contributed by atoms with Crippen LogP contribution in [0.25, 0.3) is 0 Å². The molecular weight excluding hydrogens is 272 g/mol. The first-order valence-corrected chi connectivity index (χ1v) is 7.28. The van der Waals surface area contributed by atoms with Crippen LogP contribution < -0.4 is 10.6 Å². The molecule has 0 saturated carbocycles. The van der Waals surface area contributed by atoms with Crippen LogP contribution in [0.2, 0.25) is 0 Å². The number of nitrogens with one attached hydrogen (secondary N) is 2. The summed E-state index contributed by atoms with van der Waals surface area (Å²) in [4.78, 5) is 24.6. The number of carbonyl (C=O) groups is 2. The molecule has 1 aromatic heterocycles. The Bertz CT molecular complexity index is 665. The summed E-state index contributed by atoms with van der Waals surface area (Å²) in [6.45, 7) is 1.96. The minimum absolute atomic E-state index is 0.0228. The molecular formula is C15H14N2O2S. The molecule has 0 fully saturated rings. The van der Waals surface area contributed by atoms with Gasteiger partial charge in [0.15, 0.2) is 0 Å². The molecule has 0 bridgehead atoms. The molecule has 1 aliphatic heterocycles. The van der Waals surface area contributed by atoms with Gasteiger partial charge >= 0.3 is 0 Å². The highest BCUT2D eigenvalue weighted by Crippen LogP contribution is 2.24. The Morgan fingerprint density at radius 1 is 1.40 bits per heavy atom.